The third-order valence-electron chi connectivity index (χ3n) is 2.34. The Morgan fingerprint density at radius 1 is 1.61 bits per heavy atom. The van der Waals surface area contributed by atoms with Crippen molar-refractivity contribution < 1.29 is 9.53 Å². The van der Waals surface area contributed by atoms with Gasteiger partial charge in [-0.3, -0.25) is 0 Å². The van der Waals surface area contributed by atoms with Gasteiger partial charge in [-0.2, -0.15) is 5.26 Å². The van der Waals surface area contributed by atoms with Crippen LogP contribution in [0, 0.1) is 10.7 Å². The van der Waals surface area contributed by atoms with Crippen molar-refractivity contribution in [1.29, 1.82) is 5.26 Å². The van der Waals surface area contributed by atoms with Gasteiger partial charge in [0.25, 0.3) is 0 Å². The van der Waals surface area contributed by atoms with Crippen LogP contribution >= 0.6 is 23.4 Å². The number of esters is 1. The van der Waals surface area contributed by atoms with E-state index >= 15 is 0 Å². The number of nitrogens with zero attached hydrogens (tertiary/aromatic N) is 1. The third kappa shape index (κ3) is 2.30. The predicted octanol–water partition coefficient (Wildman–Crippen LogP) is 3.57. The number of carbonyl (C=O) groups is 1. The van der Waals surface area contributed by atoms with Crippen LogP contribution in [0.2, 0.25) is 5.02 Å². The standard InChI is InChI=1S/C12H9ClN2O2S/c1-2-17-12(16)10-11(18-6-14)8-5-7(13)3-4-9(8)15-10/h3-5,15H,2H2,1H3. The van der Waals surface area contributed by atoms with E-state index in [1.807, 2.05) is 5.40 Å². The molecule has 0 amide bonds. The molecule has 4 nitrogen and oxygen atoms in total. The summed E-state index contributed by atoms with van der Waals surface area (Å²) in [5.74, 6) is -0.470. The zero-order chi connectivity index (χ0) is 13.1. The zero-order valence-corrected chi connectivity index (χ0v) is 11.1. The number of rotatable bonds is 3. The van der Waals surface area contributed by atoms with Crippen LogP contribution in [0.1, 0.15) is 17.4 Å². The van der Waals surface area contributed by atoms with Crippen LogP contribution in [0.3, 0.4) is 0 Å². The van der Waals surface area contributed by atoms with Gasteiger partial charge >= 0.3 is 5.97 Å². The Balaban J connectivity index is 2.62. The quantitative estimate of drug-likeness (QED) is 0.530. The van der Waals surface area contributed by atoms with Crippen LogP contribution in [0.15, 0.2) is 23.1 Å². The van der Waals surface area contributed by atoms with Crippen LogP contribution in [0.4, 0.5) is 0 Å². The number of nitrogens with one attached hydrogen (secondary N) is 1. The minimum atomic E-state index is -0.470. The molecule has 18 heavy (non-hydrogen) atoms. The highest BCUT2D eigenvalue weighted by Gasteiger charge is 2.19. The van der Waals surface area contributed by atoms with Gasteiger partial charge in [0.05, 0.1) is 11.5 Å². The van der Waals surface area contributed by atoms with Crippen LogP contribution in [-0.2, 0) is 4.74 Å². The number of thioether (sulfide) groups is 1. The lowest BCUT2D eigenvalue weighted by Crippen LogP contribution is -2.05. The van der Waals surface area contributed by atoms with Gasteiger partial charge in [0.1, 0.15) is 11.1 Å². The molecule has 0 atom stereocenters. The summed E-state index contributed by atoms with van der Waals surface area (Å²) in [6, 6.07) is 5.20. The lowest BCUT2D eigenvalue weighted by atomic mass is 10.2. The van der Waals surface area contributed by atoms with E-state index in [1.165, 1.54) is 0 Å². The van der Waals surface area contributed by atoms with E-state index in [0.717, 1.165) is 22.7 Å². The van der Waals surface area contributed by atoms with Gasteiger partial charge in [-0.1, -0.05) is 11.6 Å². The van der Waals surface area contributed by atoms with Crippen molar-refractivity contribution in [3.8, 4) is 5.40 Å². The number of ether oxygens (including phenoxy) is 1. The van der Waals surface area contributed by atoms with Crippen molar-refractivity contribution in [2.75, 3.05) is 6.61 Å². The molecule has 0 aliphatic rings. The van der Waals surface area contributed by atoms with Gasteiger partial charge in [-0.15, -0.1) is 0 Å². The molecule has 1 N–H and O–H groups in total. The summed E-state index contributed by atoms with van der Waals surface area (Å²) in [6.07, 6.45) is 0. The number of halogens is 1. The van der Waals surface area contributed by atoms with Crippen molar-refractivity contribution in [1.82, 2.24) is 4.98 Å². The topological polar surface area (TPSA) is 65.9 Å². The van der Waals surface area contributed by atoms with Crippen molar-refractivity contribution >= 4 is 40.2 Å². The number of nitriles is 1. The molecule has 92 valence electrons. The fourth-order valence-corrected chi connectivity index (χ4v) is 2.42. The normalized spacial score (nSPS) is 10.3. The molecule has 0 saturated carbocycles. The van der Waals surface area contributed by atoms with Crippen LogP contribution in [0.5, 0.6) is 0 Å². The molecule has 0 spiro atoms. The number of fused-ring (bicyclic) bond motifs is 1. The Bertz CT molecular complexity index is 645. The molecule has 1 heterocycles. The monoisotopic (exact) mass is 280 g/mol. The summed E-state index contributed by atoms with van der Waals surface area (Å²) < 4.78 is 4.95. The maximum atomic E-state index is 11.8. The summed E-state index contributed by atoms with van der Waals surface area (Å²) in [5, 5.41) is 12.1. The summed E-state index contributed by atoms with van der Waals surface area (Å²) in [7, 11) is 0. The fraction of sp³-hybridized carbons (Fsp3) is 0.167. The second-order valence-electron chi connectivity index (χ2n) is 3.43. The first-order chi connectivity index (χ1) is 8.67. The number of hydrogen-bond acceptors (Lipinski definition) is 4. The SMILES string of the molecule is CCOC(=O)c1[nH]c2ccc(Cl)cc2c1SC#N. The molecule has 0 saturated heterocycles. The van der Waals surface area contributed by atoms with Gasteiger partial charge in [-0.05, 0) is 36.9 Å². The lowest BCUT2D eigenvalue weighted by molar-refractivity contribution is 0.0516. The third-order valence-corrected chi connectivity index (χ3v) is 3.29. The highest BCUT2D eigenvalue weighted by Crippen LogP contribution is 2.33. The Morgan fingerprint density at radius 3 is 3.06 bits per heavy atom. The van der Waals surface area contributed by atoms with Crippen molar-refractivity contribution in [3.63, 3.8) is 0 Å². The number of aromatic amines is 1. The number of aromatic nitrogens is 1. The average molecular weight is 281 g/mol. The van der Waals surface area contributed by atoms with Gasteiger partial charge in [0.2, 0.25) is 0 Å². The lowest BCUT2D eigenvalue weighted by Gasteiger charge is -2.00. The molecule has 1 aromatic carbocycles. The van der Waals surface area contributed by atoms with E-state index in [9.17, 15) is 4.79 Å². The molecular formula is C12H9ClN2O2S. The van der Waals surface area contributed by atoms with E-state index in [0.29, 0.717) is 15.6 Å². The molecule has 0 aliphatic carbocycles. The molecule has 0 bridgehead atoms. The second-order valence-corrected chi connectivity index (χ2v) is 4.66. The maximum Gasteiger partial charge on any atom is 0.355 e. The number of carbonyl (C=O) groups excluding carboxylic acids is 1. The van der Waals surface area contributed by atoms with E-state index in [4.69, 9.17) is 21.6 Å². The van der Waals surface area contributed by atoms with E-state index in [1.54, 1.807) is 25.1 Å². The number of benzene rings is 1. The molecule has 2 rings (SSSR count). The summed E-state index contributed by atoms with van der Waals surface area (Å²) in [4.78, 5) is 15.3. The van der Waals surface area contributed by atoms with Gasteiger partial charge in [-0.25, -0.2) is 4.79 Å². The minimum Gasteiger partial charge on any atom is -0.461 e. The average Bonchev–Trinajstić information content (AvgIpc) is 2.69. The fourth-order valence-electron chi connectivity index (χ4n) is 1.64. The number of H-pyrrole nitrogens is 1. The number of hydrogen-bond donors (Lipinski definition) is 1. The molecule has 1 aromatic heterocycles. The molecule has 0 fully saturated rings. The second kappa shape index (κ2) is 5.34. The van der Waals surface area contributed by atoms with Gasteiger partial charge < -0.3 is 9.72 Å². The first-order valence-corrected chi connectivity index (χ1v) is 6.41. The summed E-state index contributed by atoms with van der Waals surface area (Å²) in [5.41, 5.74) is 1.04. The smallest absolute Gasteiger partial charge is 0.355 e. The first-order valence-electron chi connectivity index (χ1n) is 5.21. The van der Waals surface area contributed by atoms with Gasteiger partial charge in [0.15, 0.2) is 0 Å². The molecule has 2 aromatic rings. The molecule has 6 heteroatoms. The van der Waals surface area contributed by atoms with Crippen LogP contribution in [0.25, 0.3) is 10.9 Å². The molecule has 0 unspecified atom stereocenters. The van der Waals surface area contributed by atoms with E-state index in [2.05, 4.69) is 4.98 Å². The Kier molecular flexibility index (Phi) is 3.80. The minimum absolute atomic E-state index is 0.283. The highest BCUT2D eigenvalue weighted by atomic mass is 35.5. The van der Waals surface area contributed by atoms with Crippen molar-refractivity contribution in [2.45, 2.75) is 11.8 Å². The zero-order valence-electron chi connectivity index (χ0n) is 9.49. The number of thiocyanates is 1. The van der Waals surface area contributed by atoms with E-state index in [-0.39, 0.29) is 6.61 Å². The summed E-state index contributed by atoms with van der Waals surface area (Å²) >= 11 is 6.83. The first kappa shape index (κ1) is 12.8. The van der Waals surface area contributed by atoms with Crippen molar-refractivity contribution in [3.05, 3.63) is 28.9 Å². The Hall–Kier alpha value is -1.64. The van der Waals surface area contributed by atoms with Crippen LogP contribution < -0.4 is 0 Å². The molecule has 0 radical (unpaired) electrons. The predicted molar refractivity (Wildman–Crippen MR) is 70.7 cm³/mol. The maximum absolute atomic E-state index is 11.8. The highest BCUT2D eigenvalue weighted by molar-refractivity contribution is 8.04. The van der Waals surface area contributed by atoms with Gasteiger partial charge in [0, 0.05) is 15.9 Å². The largest absolute Gasteiger partial charge is 0.461 e. The molecule has 0 aliphatic heterocycles. The van der Waals surface area contributed by atoms with Crippen LogP contribution in [-0.4, -0.2) is 17.6 Å². The van der Waals surface area contributed by atoms with Crippen molar-refractivity contribution in [2.24, 2.45) is 0 Å². The molecular weight excluding hydrogens is 272 g/mol. The summed E-state index contributed by atoms with van der Waals surface area (Å²) in [6.45, 7) is 2.01. The van der Waals surface area contributed by atoms with E-state index < -0.39 is 5.97 Å². The Morgan fingerprint density at radius 2 is 2.39 bits per heavy atom. The Labute approximate surface area is 113 Å².